The van der Waals surface area contributed by atoms with Gasteiger partial charge in [-0.2, -0.15) is 4.31 Å². The molecule has 0 radical (unpaired) electrons. The van der Waals surface area contributed by atoms with Crippen molar-refractivity contribution in [3.8, 4) is 0 Å². The Balaban J connectivity index is 0. The summed E-state index contributed by atoms with van der Waals surface area (Å²) in [4.78, 5) is 31.0. The van der Waals surface area contributed by atoms with Crippen LogP contribution in [0, 0.1) is 0 Å². The minimum Gasteiger partial charge on any atom is -0.330 e. The zero-order chi connectivity index (χ0) is 11.8. The van der Waals surface area contributed by atoms with Crippen LogP contribution in [-0.4, -0.2) is 32.7 Å². The van der Waals surface area contributed by atoms with Crippen molar-refractivity contribution < 1.29 is 33.0 Å². The number of phosphoric acid groups is 2. The van der Waals surface area contributed by atoms with Gasteiger partial charge in [0, 0.05) is 0 Å². The van der Waals surface area contributed by atoms with Crippen molar-refractivity contribution >= 4 is 15.6 Å². The molecular formula is C3H14N2O7P2. The number of nitrogens with two attached hydrogens (primary N) is 2. The second-order valence-electron chi connectivity index (χ2n) is 1.99. The van der Waals surface area contributed by atoms with Gasteiger partial charge in [-0.1, -0.05) is 0 Å². The summed E-state index contributed by atoms with van der Waals surface area (Å²) in [5.74, 6) is 0. The summed E-state index contributed by atoms with van der Waals surface area (Å²) < 4.78 is 22.2. The molecule has 0 heterocycles. The van der Waals surface area contributed by atoms with E-state index in [1.165, 1.54) is 0 Å². The molecule has 0 aromatic heterocycles. The summed E-state index contributed by atoms with van der Waals surface area (Å²) in [5.41, 5.74) is 10.1. The Kier molecular flexibility index (Phi) is 8.86. The molecule has 0 bridgehead atoms. The van der Waals surface area contributed by atoms with E-state index in [2.05, 4.69) is 4.31 Å². The molecule has 0 aromatic rings. The van der Waals surface area contributed by atoms with E-state index in [1.54, 1.807) is 0 Å². The zero-order valence-electron chi connectivity index (χ0n) is 7.18. The Labute approximate surface area is 80.5 Å². The highest BCUT2D eigenvalue weighted by atomic mass is 31.3. The van der Waals surface area contributed by atoms with Gasteiger partial charge in [0.15, 0.2) is 0 Å². The van der Waals surface area contributed by atoms with E-state index in [0.717, 1.165) is 19.5 Å². The molecule has 8 N–H and O–H groups in total. The summed E-state index contributed by atoms with van der Waals surface area (Å²) in [6.45, 7) is 1.44. The minimum atomic E-state index is -5.05. The summed E-state index contributed by atoms with van der Waals surface area (Å²) in [6.07, 6.45) is 0.944. The van der Waals surface area contributed by atoms with E-state index in [0.29, 0.717) is 0 Å². The molecular weight excluding hydrogens is 238 g/mol. The zero-order valence-corrected chi connectivity index (χ0v) is 8.97. The molecule has 0 saturated carbocycles. The molecule has 0 rings (SSSR count). The first-order valence-electron chi connectivity index (χ1n) is 3.35. The maximum absolute atomic E-state index is 9.63. The van der Waals surface area contributed by atoms with E-state index in [1.807, 2.05) is 0 Å². The molecule has 11 heteroatoms. The van der Waals surface area contributed by atoms with Crippen molar-refractivity contribution in [3.63, 3.8) is 0 Å². The van der Waals surface area contributed by atoms with E-state index in [-0.39, 0.29) is 0 Å². The lowest BCUT2D eigenvalue weighted by molar-refractivity contribution is 0.225. The second-order valence-corrected chi connectivity index (χ2v) is 4.61. The Morgan fingerprint density at radius 1 is 0.929 bits per heavy atom. The fraction of sp³-hybridized carbons (Fsp3) is 1.00. The lowest BCUT2D eigenvalue weighted by Gasteiger charge is -2.03. The molecule has 0 atom stereocenters. The van der Waals surface area contributed by atoms with Crippen LogP contribution in [0.25, 0.3) is 0 Å². The van der Waals surface area contributed by atoms with Gasteiger partial charge >= 0.3 is 15.6 Å². The van der Waals surface area contributed by atoms with Crippen molar-refractivity contribution in [2.75, 3.05) is 13.1 Å². The van der Waals surface area contributed by atoms with Crippen LogP contribution in [0.5, 0.6) is 0 Å². The maximum Gasteiger partial charge on any atom is 0.478 e. The standard InChI is InChI=1S/C3H10N2.H4O7P2/c4-2-1-3-5;1-8(2,3)7-9(4,5)6/h1-5H2;(H2,1,2,3)(H2,4,5,6). The highest BCUT2D eigenvalue weighted by molar-refractivity contribution is 7.60. The smallest absolute Gasteiger partial charge is 0.330 e. The van der Waals surface area contributed by atoms with Crippen molar-refractivity contribution in [2.24, 2.45) is 11.5 Å². The molecule has 0 unspecified atom stereocenters. The van der Waals surface area contributed by atoms with Gasteiger partial charge < -0.3 is 31.0 Å². The minimum absolute atomic E-state index is 0.719. The molecule has 0 fully saturated rings. The van der Waals surface area contributed by atoms with Gasteiger partial charge in [-0.3, -0.25) is 0 Å². The van der Waals surface area contributed by atoms with Gasteiger partial charge in [-0.25, -0.2) is 9.13 Å². The largest absolute Gasteiger partial charge is 0.478 e. The van der Waals surface area contributed by atoms with E-state index in [9.17, 15) is 9.13 Å². The summed E-state index contributed by atoms with van der Waals surface area (Å²) >= 11 is 0. The van der Waals surface area contributed by atoms with Crippen LogP contribution < -0.4 is 11.5 Å². The Morgan fingerprint density at radius 2 is 1.21 bits per heavy atom. The van der Waals surface area contributed by atoms with Gasteiger partial charge in [0.25, 0.3) is 0 Å². The average molecular weight is 252 g/mol. The third-order valence-corrected chi connectivity index (χ3v) is 2.32. The quantitative estimate of drug-likeness (QED) is 0.324. The normalized spacial score (nSPS) is 11.9. The molecule has 0 aromatic carbocycles. The van der Waals surface area contributed by atoms with Crippen molar-refractivity contribution in [1.82, 2.24) is 0 Å². The van der Waals surface area contributed by atoms with Gasteiger partial charge in [0.05, 0.1) is 0 Å². The van der Waals surface area contributed by atoms with Crippen LogP contribution >= 0.6 is 15.6 Å². The van der Waals surface area contributed by atoms with Crippen LogP contribution in [-0.2, 0) is 13.4 Å². The van der Waals surface area contributed by atoms with E-state index >= 15 is 0 Å². The predicted octanol–water partition coefficient (Wildman–Crippen LogP) is -1.52. The highest BCUT2D eigenvalue weighted by Crippen LogP contribution is 2.53. The van der Waals surface area contributed by atoms with Crippen LogP contribution in [0.4, 0.5) is 0 Å². The topological polar surface area (TPSA) is 176 Å². The summed E-state index contributed by atoms with van der Waals surface area (Å²) in [5, 5.41) is 0. The summed E-state index contributed by atoms with van der Waals surface area (Å²) in [6, 6.07) is 0. The monoisotopic (exact) mass is 252 g/mol. The third kappa shape index (κ3) is 22.8. The Bertz CT molecular complexity index is 199. The summed E-state index contributed by atoms with van der Waals surface area (Å²) in [7, 11) is -10.1. The highest BCUT2D eigenvalue weighted by Gasteiger charge is 2.27. The maximum atomic E-state index is 9.63. The van der Waals surface area contributed by atoms with Gasteiger partial charge in [0.2, 0.25) is 0 Å². The van der Waals surface area contributed by atoms with Crippen molar-refractivity contribution in [2.45, 2.75) is 6.42 Å². The lowest BCUT2D eigenvalue weighted by Crippen LogP contribution is -2.06. The van der Waals surface area contributed by atoms with Crippen molar-refractivity contribution in [1.29, 1.82) is 0 Å². The molecule has 0 aliphatic carbocycles. The van der Waals surface area contributed by atoms with Crippen LogP contribution in [0.3, 0.4) is 0 Å². The fourth-order valence-corrected chi connectivity index (χ4v) is 1.36. The van der Waals surface area contributed by atoms with E-state index in [4.69, 9.17) is 31.0 Å². The average Bonchev–Trinajstić information content (AvgIpc) is 1.81. The number of hydrogen-bond acceptors (Lipinski definition) is 5. The van der Waals surface area contributed by atoms with E-state index < -0.39 is 15.6 Å². The third-order valence-electron chi connectivity index (χ3n) is 0.621. The lowest BCUT2D eigenvalue weighted by atomic mass is 10.4. The molecule has 0 saturated heterocycles. The second kappa shape index (κ2) is 7.47. The molecule has 88 valence electrons. The Hall–Kier alpha value is 0.180. The first-order chi connectivity index (χ1) is 6.12. The first-order valence-corrected chi connectivity index (χ1v) is 6.41. The van der Waals surface area contributed by atoms with Gasteiger partial charge in [-0.05, 0) is 19.5 Å². The molecule has 14 heavy (non-hydrogen) atoms. The van der Waals surface area contributed by atoms with Crippen LogP contribution in [0.1, 0.15) is 6.42 Å². The SMILES string of the molecule is NCCCN.O=P(O)(O)OP(=O)(O)O. The molecule has 0 aliphatic heterocycles. The molecule has 0 amide bonds. The van der Waals surface area contributed by atoms with Gasteiger partial charge in [0.1, 0.15) is 0 Å². The molecule has 0 spiro atoms. The Morgan fingerprint density at radius 3 is 1.21 bits per heavy atom. The molecule has 0 aliphatic rings. The fourth-order valence-electron chi connectivity index (χ4n) is 0.256. The molecule has 9 nitrogen and oxygen atoms in total. The number of rotatable bonds is 4. The van der Waals surface area contributed by atoms with Gasteiger partial charge in [-0.15, -0.1) is 0 Å². The predicted molar refractivity (Wildman–Crippen MR) is 47.9 cm³/mol. The first kappa shape index (κ1) is 16.6. The van der Waals surface area contributed by atoms with Crippen LogP contribution in [0.15, 0.2) is 0 Å². The van der Waals surface area contributed by atoms with Crippen molar-refractivity contribution in [3.05, 3.63) is 0 Å². The number of hydrogen-bond donors (Lipinski definition) is 6. The van der Waals surface area contributed by atoms with Crippen LogP contribution in [0.2, 0.25) is 0 Å².